The SMILES string of the molecule is CC(=O)N1CCN(C(=O)c2ccccc2SCc2ccc(C#N)cc2)CC1. The van der Waals surface area contributed by atoms with Crippen molar-refractivity contribution in [3.05, 3.63) is 65.2 Å². The first-order chi connectivity index (χ1) is 13.1. The molecule has 1 heterocycles. The van der Waals surface area contributed by atoms with Crippen molar-refractivity contribution in [1.82, 2.24) is 9.80 Å². The Kier molecular flexibility index (Phi) is 6.15. The van der Waals surface area contributed by atoms with E-state index >= 15 is 0 Å². The molecule has 2 amide bonds. The summed E-state index contributed by atoms with van der Waals surface area (Å²) in [7, 11) is 0. The predicted octanol–water partition coefficient (Wildman–Crippen LogP) is 3.15. The summed E-state index contributed by atoms with van der Waals surface area (Å²) in [5.74, 6) is 0.801. The molecule has 0 saturated carbocycles. The number of benzene rings is 2. The Morgan fingerprint density at radius 2 is 1.63 bits per heavy atom. The molecule has 0 bridgehead atoms. The van der Waals surface area contributed by atoms with Crippen LogP contribution in [0.3, 0.4) is 0 Å². The zero-order chi connectivity index (χ0) is 19.2. The number of nitrogens with zero attached hydrogens (tertiary/aromatic N) is 3. The van der Waals surface area contributed by atoms with Gasteiger partial charge in [0.25, 0.3) is 5.91 Å². The number of nitriles is 1. The Hall–Kier alpha value is -2.78. The molecule has 1 aliphatic rings. The first-order valence-corrected chi connectivity index (χ1v) is 9.82. The summed E-state index contributed by atoms with van der Waals surface area (Å²) in [6.07, 6.45) is 0. The predicted molar refractivity (Wildman–Crippen MR) is 105 cm³/mol. The van der Waals surface area contributed by atoms with Gasteiger partial charge in [0.05, 0.1) is 17.2 Å². The molecule has 2 aromatic carbocycles. The normalized spacial score (nSPS) is 13.9. The summed E-state index contributed by atoms with van der Waals surface area (Å²) in [4.78, 5) is 29.0. The van der Waals surface area contributed by atoms with E-state index in [-0.39, 0.29) is 11.8 Å². The standard InChI is InChI=1S/C21H21N3O2S/c1-16(25)23-10-12-24(13-11-23)21(26)19-4-2-3-5-20(19)27-15-18-8-6-17(14-22)7-9-18/h2-9H,10-13,15H2,1H3. The molecule has 5 nitrogen and oxygen atoms in total. The summed E-state index contributed by atoms with van der Waals surface area (Å²) >= 11 is 1.62. The molecular weight excluding hydrogens is 358 g/mol. The highest BCUT2D eigenvalue weighted by molar-refractivity contribution is 7.98. The highest BCUT2D eigenvalue weighted by atomic mass is 32.2. The van der Waals surface area contributed by atoms with E-state index < -0.39 is 0 Å². The van der Waals surface area contributed by atoms with E-state index in [1.54, 1.807) is 23.6 Å². The smallest absolute Gasteiger partial charge is 0.255 e. The van der Waals surface area contributed by atoms with E-state index in [0.717, 1.165) is 16.2 Å². The van der Waals surface area contributed by atoms with E-state index in [0.29, 0.717) is 37.3 Å². The highest BCUT2D eigenvalue weighted by Gasteiger charge is 2.24. The summed E-state index contributed by atoms with van der Waals surface area (Å²) in [6, 6.07) is 17.3. The van der Waals surface area contributed by atoms with Crippen LogP contribution in [0.4, 0.5) is 0 Å². The van der Waals surface area contributed by atoms with Crippen molar-refractivity contribution in [3.63, 3.8) is 0 Å². The van der Waals surface area contributed by atoms with Crippen molar-refractivity contribution >= 4 is 23.6 Å². The molecule has 0 spiro atoms. The van der Waals surface area contributed by atoms with Crippen LogP contribution in [0.5, 0.6) is 0 Å². The Bertz CT molecular complexity index is 866. The first kappa shape index (κ1) is 19.0. The number of rotatable bonds is 4. The molecule has 0 atom stereocenters. The lowest BCUT2D eigenvalue weighted by molar-refractivity contribution is -0.130. The molecule has 138 valence electrons. The second-order valence-electron chi connectivity index (χ2n) is 6.39. The minimum Gasteiger partial charge on any atom is -0.339 e. The maximum Gasteiger partial charge on any atom is 0.255 e. The van der Waals surface area contributed by atoms with Crippen molar-refractivity contribution in [2.24, 2.45) is 0 Å². The number of hydrogen-bond acceptors (Lipinski definition) is 4. The number of amides is 2. The van der Waals surface area contributed by atoms with E-state index in [9.17, 15) is 9.59 Å². The lowest BCUT2D eigenvalue weighted by atomic mass is 10.2. The molecule has 3 rings (SSSR count). The van der Waals surface area contributed by atoms with Crippen LogP contribution in [0.25, 0.3) is 0 Å². The van der Waals surface area contributed by atoms with E-state index in [1.165, 1.54) is 0 Å². The Balaban J connectivity index is 1.67. The maximum absolute atomic E-state index is 13.0. The minimum absolute atomic E-state index is 0.0149. The molecule has 0 aromatic heterocycles. The molecule has 27 heavy (non-hydrogen) atoms. The van der Waals surface area contributed by atoms with E-state index in [2.05, 4.69) is 6.07 Å². The van der Waals surface area contributed by atoms with Gasteiger partial charge >= 0.3 is 0 Å². The highest BCUT2D eigenvalue weighted by Crippen LogP contribution is 2.27. The topological polar surface area (TPSA) is 64.4 Å². The second-order valence-corrected chi connectivity index (χ2v) is 7.41. The summed E-state index contributed by atoms with van der Waals surface area (Å²) < 4.78 is 0. The van der Waals surface area contributed by atoms with Gasteiger partial charge in [-0.25, -0.2) is 0 Å². The number of carbonyl (C=O) groups excluding carboxylic acids is 2. The van der Waals surface area contributed by atoms with Crippen molar-refractivity contribution in [1.29, 1.82) is 5.26 Å². The Labute approximate surface area is 163 Å². The van der Waals surface area contributed by atoms with Gasteiger partial charge in [-0.1, -0.05) is 24.3 Å². The number of thioether (sulfide) groups is 1. The fraction of sp³-hybridized carbons (Fsp3) is 0.286. The fourth-order valence-corrected chi connectivity index (χ4v) is 4.00. The van der Waals surface area contributed by atoms with Crippen LogP contribution in [0, 0.1) is 11.3 Å². The average Bonchev–Trinajstić information content (AvgIpc) is 2.72. The van der Waals surface area contributed by atoms with Gasteiger partial charge in [-0.3, -0.25) is 9.59 Å². The molecule has 2 aromatic rings. The molecule has 0 unspecified atom stereocenters. The number of piperazine rings is 1. The second kappa shape index (κ2) is 8.74. The molecule has 1 fully saturated rings. The lowest BCUT2D eigenvalue weighted by Crippen LogP contribution is -2.50. The quantitative estimate of drug-likeness (QED) is 0.766. The summed E-state index contributed by atoms with van der Waals surface area (Å²) in [5, 5.41) is 8.89. The van der Waals surface area contributed by atoms with E-state index in [1.807, 2.05) is 53.4 Å². The maximum atomic E-state index is 13.0. The van der Waals surface area contributed by atoms with Crippen molar-refractivity contribution in [2.75, 3.05) is 26.2 Å². The van der Waals surface area contributed by atoms with Crippen molar-refractivity contribution < 1.29 is 9.59 Å². The third-order valence-corrected chi connectivity index (χ3v) is 5.75. The van der Waals surface area contributed by atoms with Gasteiger partial charge in [-0.15, -0.1) is 11.8 Å². The van der Waals surface area contributed by atoms with Gasteiger partial charge in [0.1, 0.15) is 0 Å². The van der Waals surface area contributed by atoms with Gasteiger partial charge in [0.15, 0.2) is 0 Å². The van der Waals surface area contributed by atoms with Crippen molar-refractivity contribution in [2.45, 2.75) is 17.6 Å². The molecule has 1 aliphatic heterocycles. The van der Waals surface area contributed by atoms with Crippen LogP contribution in [0.1, 0.15) is 28.4 Å². The molecule has 6 heteroatoms. The molecule has 0 aliphatic carbocycles. The van der Waals surface area contributed by atoms with Crippen LogP contribution in [0.15, 0.2) is 53.4 Å². The number of hydrogen-bond donors (Lipinski definition) is 0. The zero-order valence-electron chi connectivity index (χ0n) is 15.2. The lowest BCUT2D eigenvalue weighted by Gasteiger charge is -2.34. The third-order valence-electron chi connectivity index (χ3n) is 4.61. The van der Waals surface area contributed by atoms with Crippen molar-refractivity contribution in [3.8, 4) is 6.07 Å². The minimum atomic E-state index is 0.0149. The first-order valence-electron chi connectivity index (χ1n) is 8.84. The monoisotopic (exact) mass is 379 g/mol. The molecular formula is C21H21N3O2S. The van der Waals surface area contributed by atoms with Crippen LogP contribution in [-0.4, -0.2) is 47.8 Å². The van der Waals surface area contributed by atoms with Crippen LogP contribution < -0.4 is 0 Å². The van der Waals surface area contributed by atoms with Gasteiger partial charge in [-0.2, -0.15) is 5.26 Å². The van der Waals surface area contributed by atoms with Crippen LogP contribution >= 0.6 is 11.8 Å². The fourth-order valence-electron chi connectivity index (χ4n) is 3.00. The van der Waals surface area contributed by atoms with Gasteiger partial charge in [-0.05, 0) is 29.8 Å². The van der Waals surface area contributed by atoms with Gasteiger partial charge in [0, 0.05) is 43.8 Å². The third kappa shape index (κ3) is 4.69. The molecule has 0 N–H and O–H groups in total. The van der Waals surface area contributed by atoms with Gasteiger partial charge < -0.3 is 9.80 Å². The Morgan fingerprint density at radius 1 is 1.00 bits per heavy atom. The summed E-state index contributed by atoms with van der Waals surface area (Å²) in [5.41, 5.74) is 2.45. The van der Waals surface area contributed by atoms with Gasteiger partial charge in [0.2, 0.25) is 5.91 Å². The van der Waals surface area contributed by atoms with E-state index in [4.69, 9.17) is 5.26 Å². The summed E-state index contributed by atoms with van der Waals surface area (Å²) in [6.45, 7) is 3.86. The Morgan fingerprint density at radius 3 is 2.26 bits per heavy atom. The number of carbonyl (C=O) groups is 2. The molecule has 0 radical (unpaired) electrons. The van der Waals surface area contributed by atoms with Crippen LogP contribution in [-0.2, 0) is 10.5 Å². The largest absolute Gasteiger partial charge is 0.339 e. The molecule has 1 saturated heterocycles. The zero-order valence-corrected chi connectivity index (χ0v) is 16.0. The van der Waals surface area contributed by atoms with Crippen LogP contribution in [0.2, 0.25) is 0 Å². The average molecular weight is 379 g/mol.